The summed E-state index contributed by atoms with van der Waals surface area (Å²) < 4.78 is 114. The minimum atomic E-state index is -5.63. The number of hydrogen-bond acceptors (Lipinski definition) is 7. The van der Waals surface area contributed by atoms with Crippen LogP contribution < -0.4 is 4.74 Å². The fourth-order valence-corrected chi connectivity index (χ4v) is 2.55. The van der Waals surface area contributed by atoms with Crippen molar-refractivity contribution in [3.05, 3.63) is 23.3 Å². The molecule has 14 heteroatoms. The van der Waals surface area contributed by atoms with Crippen LogP contribution in [0.15, 0.2) is 4.90 Å². The Hall–Kier alpha value is -1.77. The van der Waals surface area contributed by atoms with Gasteiger partial charge in [0.1, 0.15) is 0 Å². The molecule has 1 aromatic rings. The lowest BCUT2D eigenvalue weighted by Gasteiger charge is -2.10. The second kappa shape index (κ2) is 7.63. The van der Waals surface area contributed by atoms with Crippen LogP contribution in [0.5, 0.6) is 5.75 Å². The summed E-state index contributed by atoms with van der Waals surface area (Å²) in [5.41, 5.74) is 0. The zero-order valence-electron chi connectivity index (χ0n) is 12.3. The number of esters is 1. The standard InChI is InChI=1S/C11H10F4O8S2/c1-24(17,18)22-4-2-3-5(16)23-10-6(12)8(14)11(25(19,20)21)9(15)7(10)13/h2-4H2,1H3,(H,19,20,21). The molecule has 0 heterocycles. The van der Waals surface area contributed by atoms with Gasteiger partial charge in [0.2, 0.25) is 17.4 Å². The molecule has 0 aromatic heterocycles. The van der Waals surface area contributed by atoms with Crippen LogP contribution in [0, 0.1) is 23.3 Å². The van der Waals surface area contributed by atoms with Crippen molar-refractivity contribution in [1.29, 1.82) is 0 Å². The number of halogens is 4. The summed E-state index contributed by atoms with van der Waals surface area (Å²) in [5.74, 6) is -12.9. The quantitative estimate of drug-likeness (QED) is 0.135. The van der Waals surface area contributed by atoms with Gasteiger partial charge in [0, 0.05) is 6.42 Å². The third-order valence-corrected chi connectivity index (χ3v) is 3.95. The Morgan fingerprint density at radius 2 is 1.48 bits per heavy atom. The molecule has 0 saturated carbocycles. The average molecular weight is 410 g/mol. The first-order valence-corrected chi connectivity index (χ1v) is 9.40. The topological polar surface area (TPSA) is 124 Å². The summed E-state index contributed by atoms with van der Waals surface area (Å²) in [5, 5.41) is 0. The number of carbonyl (C=O) groups is 1. The van der Waals surface area contributed by atoms with Gasteiger partial charge in [-0.2, -0.15) is 25.6 Å². The Kier molecular flexibility index (Phi) is 6.50. The highest BCUT2D eigenvalue weighted by atomic mass is 32.2. The zero-order chi connectivity index (χ0) is 19.6. The predicted molar refractivity (Wildman–Crippen MR) is 71.8 cm³/mol. The van der Waals surface area contributed by atoms with Crippen LogP contribution in [0.3, 0.4) is 0 Å². The van der Waals surface area contributed by atoms with Crippen LogP contribution in [0.1, 0.15) is 12.8 Å². The molecule has 1 N–H and O–H groups in total. The van der Waals surface area contributed by atoms with E-state index in [0.717, 1.165) is 6.26 Å². The number of benzene rings is 1. The molecular weight excluding hydrogens is 400 g/mol. The number of rotatable bonds is 7. The fourth-order valence-electron chi connectivity index (χ4n) is 1.50. The second-order valence-electron chi connectivity index (χ2n) is 4.49. The Morgan fingerprint density at radius 3 is 1.88 bits per heavy atom. The highest BCUT2D eigenvalue weighted by molar-refractivity contribution is 7.86. The lowest BCUT2D eigenvalue weighted by atomic mass is 10.2. The Bertz CT molecular complexity index is 866. The Balaban J connectivity index is 2.99. The number of hydrogen-bond donors (Lipinski definition) is 1. The molecule has 1 rings (SSSR count). The van der Waals surface area contributed by atoms with E-state index < -0.39 is 73.1 Å². The lowest BCUT2D eigenvalue weighted by molar-refractivity contribution is -0.135. The van der Waals surface area contributed by atoms with Crippen LogP contribution in [0.2, 0.25) is 0 Å². The monoisotopic (exact) mass is 410 g/mol. The summed E-state index contributed by atoms with van der Waals surface area (Å²) >= 11 is 0. The SMILES string of the molecule is CS(=O)(=O)OCCCC(=O)Oc1c(F)c(F)c(S(=O)(=O)O)c(F)c1F. The first kappa shape index (κ1) is 21.3. The van der Waals surface area contributed by atoms with Gasteiger partial charge in [0.25, 0.3) is 10.1 Å². The maximum atomic E-state index is 13.6. The summed E-state index contributed by atoms with van der Waals surface area (Å²) in [6, 6.07) is 0. The molecule has 0 spiro atoms. The molecule has 0 aliphatic rings. The number of carbonyl (C=O) groups excluding carboxylic acids is 1. The van der Waals surface area contributed by atoms with Crippen LogP contribution in [-0.2, 0) is 29.2 Å². The largest absolute Gasteiger partial charge is 0.420 e. The van der Waals surface area contributed by atoms with Crippen molar-refractivity contribution in [2.45, 2.75) is 17.7 Å². The molecule has 1 aromatic carbocycles. The Labute approximate surface area is 139 Å². The van der Waals surface area contributed by atoms with Crippen molar-refractivity contribution in [2.75, 3.05) is 12.9 Å². The van der Waals surface area contributed by atoms with Gasteiger partial charge in [-0.15, -0.1) is 0 Å². The summed E-state index contributed by atoms with van der Waals surface area (Å²) in [4.78, 5) is 9.10. The van der Waals surface area contributed by atoms with Crippen LogP contribution in [0.25, 0.3) is 0 Å². The summed E-state index contributed by atoms with van der Waals surface area (Å²) in [6.07, 6.45) is -0.181. The van der Waals surface area contributed by atoms with E-state index in [1.807, 2.05) is 0 Å². The molecule has 0 fully saturated rings. The van der Waals surface area contributed by atoms with Crippen molar-refractivity contribution >= 4 is 26.2 Å². The molecule has 0 unspecified atom stereocenters. The molecule has 142 valence electrons. The van der Waals surface area contributed by atoms with E-state index in [2.05, 4.69) is 8.92 Å². The smallest absolute Gasteiger partial charge is 0.311 e. The van der Waals surface area contributed by atoms with Gasteiger partial charge in [-0.3, -0.25) is 13.5 Å². The average Bonchev–Trinajstić information content (AvgIpc) is 2.44. The van der Waals surface area contributed by atoms with Crippen molar-refractivity contribution in [1.82, 2.24) is 0 Å². The maximum Gasteiger partial charge on any atom is 0.311 e. The van der Waals surface area contributed by atoms with Crippen molar-refractivity contribution in [2.24, 2.45) is 0 Å². The van der Waals surface area contributed by atoms with E-state index in [1.54, 1.807) is 0 Å². The summed E-state index contributed by atoms with van der Waals surface area (Å²) in [7, 11) is -9.41. The van der Waals surface area contributed by atoms with E-state index in [4.69, 9.17) is 4.55 Å². The normalized spacial score (nSPS) is 12.2. The van der Waals surface area contributed by atoms with Crippen LogP contribution in [0.4, 0.5) is 17.6 Å². The van der Waals surface area contributed by atoms with Gasteiger partial charge in [-0.25, -0.2) is 8.78 Å². The van der Waals surface area contributed by atoms with Gasteiger partial charge in [-0.1, -0.05) is 0 Å². The van der Waals surface area contributed by atoms with E-state index >= 15 is 0 Å². The molecule has 0 aliphatic carbocycles. The molecule has 0 amide bonds. The summed E-state index contributed by atoms with van der Waals surface area (Å²) in [6.45, 7) is -0.469. The molecular formula is C11H10F4O8S2. The Morgan fingerprint density at radius 1 is 1.00 bits per heavy atom. The van der Waals surface area contributed by atoms with E-state index in [1.165, 1.54) is 0 Å². The second-order valence-corrected chi connectivity index (χ2v) is 7.50. The van der Waals surface area contributed by atoms with Gasteiger partial charge < -0.3 is 4.74 Å². The van der Waals surface area contributed by atoms with Crippen LogP contribution >= 0.6 is 0 Å². The van der Waals surface area contributed by atoms with E-state index in [0.29, 0.717) is 0 Å². The molecule has 0 bridgehead atoms. The fraction of sp³-hybridized carbons (Fsp3) is 0.364. The first-order valence-electron chi connectivity index (χ1n) is 6.14. The van der Waals surface area contributed by atoms with Crippen molar-refractivity contribution in [3.63, 3.8) is 0 Å². The van der Waals surface area contributed by atoms with Crippen molar-refractivity contribution in [3.8, 4) is 5.75 Å². The first-order chi connectivity index (χ1) is 11.3. The van der Waals surface area contributed by atoms with Gasteiger partial charge in [0.05, 0.1) is 12.9 Å². The molecule has 0 aliphatic heterocycles. The molecule has 0 atom stereocenters. The minimum Gasteiger partial charge on any atom is -0.420 e. The lowest BCUT2D eigenvalue weighted by Crippen LogP contribution is -2.16. The molecule has 0 radical (unpaired) electrons. The minimum absolute atomic E-state index is 0.275. The zero-order valence-corrected chi connectivity index (χ0v) is 13.9. The molecule has 0 saturated heterocycles. The van der Waals surface area contributed by atoms with E-state index in [9.17, 15) is 39.2 Å². The van der Waals surface area contributed by atoms with E-state index in [-0.39, 0.29) is 6.42 Å². The molecule has 8 nitrogen and oxygen atoms in total. The predicted octanol–water partition coefficient (Wildman–Crippen LogP) is 1.15. The van der Waals surface area contributed by atoms with Crippen molar-refractivity contribution < 1.29 is 52.7 Å². The highest BCUT2D eigenvalue weighted by Gasteiger charge is 2.33. The van der Waals surface area contributed by atoms with Gasteiger partial charge in [-0.05, 0) is 6.42 Å². The molecule has 25 heavy (non-hydrogen) atoms. The third-order valence-electron chi connectivity index (χ3n) is 2.48. The maximum absolute atomic E-state index is 13.6. The highest BCUT2D eigenvalue weighted by Crippen LogP contribution is 2.32. The van der Waals surface area contributed by atoms with Gasteiger partial charge >= 0.3 is 16.1 Å². The third kappa shape index (κ3) is 5.62. The number of ether oxygens (including phenoxy) is 1. The van der Waals surface area contributed by atoms with Gasteiger partial charge in [0.15, 0.2) is 16.5 Å². The van der Waals surface area contributed by atoms with Crippen LogP contribution in [-0.4, -0.2) is 40.2 Å².